The molecule has 0 fully saturated rings. The average molecular weight is 233 g/mol. The third-order valence-electron chi connectivity index (χ3n) is 2.02. The van der Waals surface area contributed by atoms with Gasteiger partial charge in [0.05, 0.1) is 7.11 Å². The molecule has 92 valence electrons. The Hall–Kier alpha value is -1.77. The molecule has 17 heavy (non-hydrogen) atoms. The van der Waals surface area contributed by atoms with Crippen LogP contribution in [0, 0.1) is 0 Å². The Bertz CT molecular complexity index is 416. The maximum atomic E-state index is 11.6. The Labute approximate surface area is 102 Å². The quantitative estimate of drug-likeness (QED) is 0.815. The van der Waals surface area contributed by atoms with Gasteiger partial charge in [0.25, 0.3) is 0 Å². The predicted octanol–water partition coefficient (Wildman–Crippen LogP) is 2.62. The van der Waals surface area contributed by atoms with Gasteiger partial charge >= 0.3 is 0 Å². The van der Waals surface area contributed by atoms with Crippen LogP contribution in [-0.4, -0.2) is 18.6 Å². The van der Waals surface area contributed by atoms with Crippen molar-refractivity contribution in [2.24, 2.45) is 0 Å². The van der Waals surface area contributed by atoms with Gasteiger partial charge in [-0.2, -0.15) is 0 Å². The summed E-state index contributed by atoms with van der Waals surface area (Å²) in [7, 11) is 1.62. The van der Waals surface area contributed by atoms with Crippen LogP contribution in [0.25, 0.3) is 6.08 Å². The molecule has 0 aliphatic rings. The number of nitrogens with one attached hydrogen (secondary N) is 1. The lowest BCUT2D eigenvalue weighted by Crippen LogP contribution is -2.39. The van der Waals surface area contributed by atoms with E-state index in [1.54, 1.807) is 13.2 Å². The second-order valence-electron chi connectivity index (χ2n) is 4.85. The van der Waals surface area contributed by atoms with E-state index in [0.29, 0.717) is 0 Å². The number of methoxy groups -OCH3 is 1. The van der Waals surface area contributed by atoms with Gasteiger partial charge in [-0.05, 0) is 44.5 Å². The number of carbonyl (C=O) groups excluding carboxylic acids is 1. The molecule has 0 aromatic heterocycles. The Morgan fingerprint density at radius 2 is 2.06 bits per heavy atom. The van der Waals surface area contributed by atoms with Gasteiger partial charge in [-0.1, -0.05) is 12.1 Å². The van der Waals surface area contributed by atoms with Crippen LogP contribution < -0.4 is 10.1 Å². The third kappa shape index (κ3) is 5.20. The zero-order valence-corrected chi connectivity index (χ0v) is 10.8. The maximum Gasteiger partial charge on any atom is 0.244 e. The summed E-state index contributed by atoms with van der Waals surface area (Å²) >= 11 is 0. The summed E-state index contributed by atoms with van der Waals surface area (Å²) in [5.74, 6) is 0.684. The molecule has 1 aromatic carbocycles. The van der Waals surface area contributed by atoms with Crippen molar-refractivity contribution in [3.63, 3.8) is 0 Å². The van der Waals surface area contributed by atoms with E-state index in [-0.39, 0.29) is 11.4 Å². The van der Waals surface area contributed by atoms with Gasteiger partial charge in [0.1, 0.15) is 5.75 Å². The molecule has 1 amide bonds. The second kappa shape index (κ2) is 5.53. The number of amides is 1. The van der Waals surface area contributed by atoms with Crippen molar-refractivity contribution in [3.05, 3.63) is 35.9 Å². The van der Waals surface area contributed by atoms with Gasteiger partial charge in [-0.25, -0.2) is 0 Å². The van der Waals surface area contributed by atoms with Crippen LogP contribution in [0.5, 0.6) is 5.75 Å². The lowest BCUT2D eigenvalue weighted by molar-refractivity contribution is -0.117. The van der Waals surface area contributed by atoms with Crippen molar-refractivity contribution >= 4 is 12.0 Å². The molecule has 0 aliphatic carbocycles. The molecule has 0 heterocycles. The minimum atomic E-state index is -0.212. The minimum absolute atomic E-state index is 0.0969. The van der Waals surface area contributed by atoms with E-state index in [4.69, 9.17) is 4.74 Å². The molecule has 1 N–H and O–H groups in total. The summed E-state index contributed by atoms with van der Waals surface area (Å²) in [6, 6.07) is 7.55. The van der Waals surface area contributed by atoms with Crippen LogP contribution in [0.3, 0.4) is 0 Å². The largest absolute Gasteiger partial charge is 0.497 e. The van der Waals surface area contributed by atoms with Crippen molar-refractivity contribution in [2.75, 3.05) is 7.11 Å². The fraction of sp³-hybridized carbons (Fsp3) is 0.357. The summed E-state index contributed by atoms with van der Waals surface area (Å²) in [5.41, 5.74) is 0.726. The predicted molar refractivity (Wildman–Crippen MR) is 69.9 cm³/mol. The minimum Gasteiger partial charge on any atom is -0.497 e. The third-order valence-corrected chi connectivity index (χ3v) is 2.02. The summed E-state index contributed by atoms with van der Waals surface area (Å²) in [6.45, 7) is 5.85. The Morgan fingerprint density at radius 1 is 1.35 bits per heavy atom. The Morgan fingerprint density at radius 3 is 2.65 bits per heavy atom. The van der Waals surface area contributed by atoms with Gasteiger partial charge in [0, 0.05) is 11.6 Å². The molecule has 0 saturated heterocycles. The van der Waals surface area contributed by atoms with E-state index in [1.165, 1.54) is 6.08 Å². The fourth-order valence-electron chi connectivity index (χ4n) is 1.33. The summed E-state index contributed by atoms with van der Waals surface area (Å²) in [4.78, 5) is 11.6. The highest BCUT2D eigenvalue weighted by Gasteiger charge is 2.10. The molecule has 1 aromatic rings. The number of benzene rings is 1. The first-order valence-electron chi connectivity index (χ1n) is 5.55. The van der Waals surface area contributed by atoms with E-state index >= 15 is 0 Å². The zero-order valence-electron chi connectivity index (χ0n) is 10.8. The van der Waals surface area contributed by atoms with Gasteiger partial charge in [-0.3, -0.25) is 4.79 Å². The molecule has 0 aliphatic heterocycles. The topological polar surface area (TPSA) is 38.3 Å². The highest BCUT2D eigenvalue weighted by Crippen LogP contribution is 2.13. The monoisotopic (exact) mass is 233 g/mol. The molecule has 3 heteroatoms. The fourth-order valence-corrected chi connectivity index (χ4v) is 1.33. The molecule has 0 radical (unpaired) electrons. The SMILES string of the molecule is COc1cccc(C=CC(=O)NC(C)(C)C)c1. The van der Waals surface area contributed by atoms with E-state index in [1.807, 2.05) is 45.0 Å². The van der Waals surface area contributed by atoms with Crippen molar-refractivity contribution < 1.29 is 9.53 Å². The number of carbonyl (C=O) groups is 1. The second-order valence-corrected chi connectivity index (χ2v) is 4.85. The molecule has 1 rings (SSSR count). The van der Waals surface area contributed by atoms with Crippen molar-refractivity contribution in [2.45, 2.75) is 26.3 Å². The normalized spacial score (nSPS) is 11.5. The standard InChI is InChI=1S/C14H19NO2/c1-14(2,3)15-13(16)9-8-11-6-5-7-12(10-11)17-4/h5-10H,1-4H3,(H,15,16). The van der Waals surface area contributed by atoms with E-state index in [9.17, 15) is 4.79 Å². The summed E-state index contributed by atoms with van der Waals surface area (Å²) in [6.07, 6.45) is 3.30. The first kappa shape index (κ1) is 13.3. The number of ether oxygens (including phenoxy) is 1. The molecular weight excluding hydrogens is 214 g/mol. The zero-order chi connectivity index (χ0) is 12.9. The molecule has 3 nitrogen and oxygen atoms in total. The van der Waals surface area contributed by atoms with Gasteiger partial charge in [0.2, 0.25) is 5.91 Å². The number of rotatable bonds is 3. The number of hydrogen-bond acceptors (Lipinski definition) is 2. The van der Waals surface area contributed by atoms with Crippen molar-refractivity contribution in [1.82, 2.24) is 5.32 Å². The van der Waals surface area contributed by atoms with Gasteiger partial charge < -0.3 is 10.1 Å². The lowest BCUT2D eigenvalue weighted by atomic mass is 10.1. The Kier molecular flexibility index (Phi) is 4.32. The smallest absolute Gasteiger partial charge is 0.244 e. The first-order valence-corrected chi connectivity index (χ1v) is 5.55. The van der Waals surface area contributed by atoms with Crippen LogP contribution in [0.1, 0.15) is 26.3 Å². The van der Waals surface area contributed by atoms with Crippen molar-refractivity contribution in [3.8, 4) is 5.75 Å². The van der Waals surface area contributed by atoms with Crippen LogP contribution in [0.4, 0.5) is 0 Å². The molecule has 0 saturated carbocycles. The van der Waals surface area contributed by atoms with Gasteiger partial charge in [-0.15, -0.1) is 0 Å². The van der Waals surface area contributed by atoms with Crippen LogP contribution in [0.2, 0.25) is 0 Å². The summed E-state index contributed by atoms with van der Waals surface area (Å²) < 4.78 is 5.11. The van der Waals surface area contributed by atoms with Crippen LogP contribution in [0.15, 0.2) is 30.3 Å². The van der Waals surface area contributed by atoms with Crippen LogP contribution in [-0.2, 0) is 4.79 Å². The summed E-state index contributed by atoms with van der Waals surface area (Å²) in [5, 5.41) is 2.86. The van der Waals surface area contributed by atoms with E-state index < -0.39 is 0 Å². The average Bonchev–Trinajstić information content (AvgIpc) is 2.24. The van der Waals surface area contributed by atoms with E-state index in [0.717, 1.165) is 11.3 Å². The molecule has 0 spiro atoms. The van der Waals surface area contributed by atoms with Gasteiger partial charge in [0.15, 0.2) is 0 Å². The van der Waals surface area contributed by atoms with E-state index in [2.05, 4.69) is 5.32 Å². The maximum absolute atomic E-state index is 11.6. The molecule has 0 bridgehead atoms. The van der Waals surface area contributed by atoms with Crippen LogP contribution >= 0.6 is 0 Å². The number of hydrogen-bond donors (Lipinski definition) is 1. The lowest BCUT2D eigenvalue weighted by Gasteiger charge is -2.18. The Balaban J connectivity index is 2.67. The molecule has 0 unspecified atom stereocenters. The molecule has 0 atom stereocenters. The first-order chi connectivity index (χ1) is 7.90. The van der Waals surface area contributed by atoms with Crippen molar-refractivity contribution in [1.29, 1.82) is 0 Å². The molecular formula is C14H19NO2. The highest BCUT2D eigenvalue weighted by molar-refractivity contribution is 5.92. The highest BCUT2D eigenvalue weighted by atomic mass is 16.5.